The summed E-state index contributed by atoms with van der Waals surface area (Å²) < 4.78 is 0. The summed E-state index contributed by atoms with van der Waals surface area (Å²) >= 11 is 0. The van der Waals surface area contributed by atoms with Crippen LogP contribution in [0.3, 0.4) is 0 Å². The highest BCUT2D eigenvalue weighted by Crippen LogP contribution is 2.20. The van der Waals surface area contributed by atoms with Crippen LogP contribution in [0.5, 0.6) is 0 Å². The molecule has 0 fully saturated rings. The Morgan fingerprint density at radius 3 is 2.67 bits per heavy atom. The molecule has 18 heavy (non-hydrogen) atoms. The molecule has 0 aromatic heterocycles. The fourth-order valence-corrected chi connectivity index (χ4v) is 2.02. The SMILES string of the molecule is CCCCCN(C)c1ccc(/C(N)=N/O)cc1C. The number of rotatable bonds is 6. The number of aryl methyl sites for hydroxylation is 1. The molecule has 0 saturated heterocycles. The Labute approximate surface area is 109 Å². The summed E-state index contributed by atoms with van der Waals surface area (Å²) in [5.74, 6) is 0.151. The minimum Gasteiger partial charge on any atom is -0.409 e. The van der Waals surface area contributed by atoms with Gasteiger partial charge in [-0.3, -0.25) is 0 Å². The van der Waals surface area contributed by atoms with Crippen LogP contribution in [0.15, 0.2) is 23.4 Å². The Morgan fingerprint density at radius 2 is 2.11 bits per heavy atom. The lowest BCUT2D eigenvalue weighted by molar-refractivity contribution is 0.318. The molecule has 0 heterocycles. The van der Waals surface area contributed by atoms with E-state index in [0.717, 1.165) is 17.7 Å². The quantitative estimate of drug-likeness (QED) is 0.268. The van der Waals surface area contributed by atoms with Gasteiger partial charge in [-0.2, -0.15) is 0 Å². The first-order valence-electron chi connectivity index (χ1n) is 6.39. The number of amidine groups is 1. The lowest BCUT2D eigenvalue weighted by Crippen LogP contribution is -2.20. The van der Waals surface area contributed by atoms with Gasteiger partial charge in [0.15, 0.2) is 5.84 Å². The number of hydrogen-bond acceptors (Lipinski definition) is 3. The number of oxime groups is 1. The van der Waals surface area contributed by atoms with E-state index in [2.05, 4.69) is 24.0 Å². The number of unbranched alkanes of at least 4 members (excludes halogenated alkanes) is 2. The van der Waals surface area contributed by atoms with Gasteiger partial charge in [0, 0.05) is 24.8 Å². The Morgan fingerprint density at radius 1 is 1.39 bits per heavy atom. The third-order valence-electron chi connectivity index (χ3n) is 3.11. The summed E-state index contributed by atoms with van der Waals surface area (Å²) in [5, 5.41) is 11.7. The third-order valence-corrected chi connectivity index (χ3v) is 3.11. The molecular weight excluding hydrogens is 226 g/mol. The minimum atomic E-state index is 0.151. The third kappa shape index (κ3) is 3.65. The molecule has 0 spiro atoms. The summed E-state index contributed by atoms with van der Waals surface area (Å²) in [6, 6.07) is 5.85. The second kappa shape index (κ2) is 6.89. The lowest BCUT2D eigenvalue weighted by atomic mass is 10.1. The minimum absolute atomic E-state index is 0.151. The maximum absolute atomic E-state index is 8.65. The predicted octanol–water partition coefficient (Wildman–Crippen LogP) is 2.72. The average Bonchev–Trinajstić information content (AvgIpc) is 2.37. The van der Waals surface area contributed by atoms with Crippen molar-refractivity contribution >= 4 is 11.5 Å². The van der Waals surface area contributed by atoms with E-state index < -0.39 is 0 Å². The zero-order valence-electron chi connectivity index (χ0n) is 11.5. The van der Waals surface area contributed by atoms with Crippen LogP contribution in [0, 0.1) is 6.92 Å². The molecule has 0 bridgehead atoms. The molecule has 1 aromatic carbocycles. The van der Waals surface area contributed by atoms with Gasteiger partial charge in [-0.05, 0) is 37.1 Å². The van der Waals surface area contributed by atoms with Crippen molar-refractivity contribution in [2.24, 2.45) is 10.9 Å². The number of benzene rings is 1. The lowest BCUT2D eigenvalue weighted by Gasteiger charge is -2.21. The zero-order valence-corrected chi connectivity index (χ0v) is 11.5. The predicted molar refractivity (Wildman–Crippen MR) is 76.5 cm³/mol. The van der Waals surface area contributed by atoms with Crippen molar-refractivity contribution in [1.82, 2.24) is 0 Å². The van der Waals surface area contributed by atoms with Crippen molar-refractivity contribution in [1.29, 1.82) is 0 Å². The molecule has 0 radical (unpaired) electrons. The summed E-state index contributed by atoms with van der Waals surface area (Å²) in [7, 11) is 2.10. The Kier molecular flexibility index (Phi) is 5.49. The fourth-order valence-electron chi connectivity index (χ4n) is 2.02. The van der Waals surface area contributed by atoms with Crippen molar-refractivity contribution in [3.8, 4) is 0 Å². The van der Waals surface area contributed by atoms with Crippen molar-refractivity contribution in [2.75, 3.05) is 18.5 Å². The number of nitrogens with zero attached hydrogens (tertiary/aromatic N) is 2. The molecule has 0 aliphatic rings. The van der Waals surface area contributed by atoms with E-state index in [-0.39, 0.29) is 5.84 Å². The van der Waals surface area contributed by atoms with E-state index >= 15 is 0 Å². The fraction of sp³-hybridized carbons (Fsp3) is 0.500. The molecule has 0 saturated carbocycles. The van der Waals surface area contributed by atoms with Crippen LogP contribution in [0.1, 0.15) is 37.3 Å². The van der Waals surface area contributed by atoms with Gasteiger partial charge < -0.3 is 15.8 Å². The topological polar surface area (TPSA) is 61.8 Å². The van der Waals surface area contributed by atoms with Crippen molar-refractivity contribution < 1.29 is 5.21 Å². The monoisotopic (exact) mass is 249 g/mol. The highest BCUT2D eigenvalue weighted by molar-refractivity contribution is 5.97. The average molecular weight is 249 g/mol. The summed E-state index contributed by atoms with van der Waals surface area (Å²) in [4.78, 5) is 2.25. The highest BCUT2D eigenvalue weighted by atomic mass is 16.4. The standard InChI is InChI=1S/C14H23N3O/c1-4-5-6-9-17(3)13-8-7-12(10-11(13)2)14(15)16-18/h7-8,10,18H,4-6,9H2,1-3H3,(H2,15,16). The Hall–Kier alpha value is -1.71. The number of hydrogen-bond donors (Lipinski definition) is 2. The first-order chi connectivity index (χ1) is 8.60. The first kappa shape index (κ1) is 14.4. The summed E-state index contributed by atoms with van der Waals surface area (Å²) in [6.45, 7) is 5.30. The normalized spacial score (nSPS) is 11.6. The Balaban J connectivity index is 2.78. The number of anilines is 1. The van der Waals surface area contributed by atoms with Gasteiger partial charge >= 0.3 is 0 Å². The second-order valence-corrected chi connectivity index (χ2v) is 4.62. The summed E-state index contributed by atoms with van der Waals surface area (Å²) in [6.07, 6.45) is 3.69. The van der Waals surface area contributed by atoms with Crippen LogP contribution < -0.4 is 10.6 Å². The van der Waals surface area contributed by atoms with E-state index in [4.69, 9.17) is 10.9 Å². The van der Waals surface area contributed by atoms with Crippen LogP contribution in [-0.4, -0.2) is 24.6 Å². The van der Waals surface area contributed by atoms with Crippen LogP contribution in [0.4, 0.5) is 5.69 Å². The molecule has 1 rings (SSSR count). The van der Waals surface area contributed by atoms with E-state index in [0.29, 0.717) is 0 Å². The van der Waals surface area contributed by atoms with Gasteiger partial charge in [-0.25, -0.2) is 0 Å². The maximum Gasteiger partial charge on any atom is 0.170 e. The molecular formula is C14H23N3O. The highest BCUT2D eigenvalue weighted by Gasteiger charge is 2.07. The van der Waals surface area contributed by atoms with Gasteiger partial charge in [0.2, 0.25) is 0 Å². The molecule has 3 N–H and O–H groups in total. The second-order valence-electron chi connectivity index (χ2n) is 4.62. The molecule has 0 atom stereocenters. The van der Waals surface area contributed by atoms with Gasteiger partial charge in [-0.1, -0.05) is 24.9 Å². The van der Waals surface area contributed by atoms with Crippen molar-refractivity contribution in [2.45, 2.75) is 33.1 Å². The van der Waals surface area contributed by atoms with Gasteiger partial charge in [0.1, 0.15) is 0 Å². The van der Waals surface area contributed by atoms with Crippen molar-refractivity contribution in [3.05, 3.63) is 29.3 Å². The smallest absolute Gasteiger partial charge is 0.170 e. The molecule has 4 nitrogen and oxygen atoms in total. The largest absolute Gasteiger partial charge is 0.409 e. The van der Waals surface area contributed by atoms with Crippen LogP contribution in [-0.2, 0) is 0 Å². The molecule has 0 unspecified atom stereocenters. The number of nitrogens with two attached hydrogens (primary N) is 1. The van der Waals surface area contributed by atoms with Gasteiger partial charge in [-0.15, -0.1) is 0 Å². The van der Waals surface area contributed by atoms with Gasteiger partial charge in [0.25, 0.3) is 0 Å². The summed E-state index contributed by atoms with van der Waals surface area (Å²) in [5.41, 5.74) is 8.66. The molecule has 4 heteroatoms. The van der Waals surface area contributed by atoms with Gasteiger partial charge in [0.05, 0.1) is 0 Å². The van der Waals surface area contributed by atoms with E-state index in [1.54, 1.807) is 0 Å². The van der Waals surface area contributed by atoms with E-state index in [9.17, 15) is 0 Å². The zero-order chi connectivity index (χ0) is 13.5. The first-order valence-corrected chi connectivity index (χ1v) is 6.39. The van der Waals surface area contributed by atoms with Crippen LogP contribution >= 0.6 is 0 Å². The maximum atomic E-state index is 8.65. The molecule has 0 aliphatic carbocycles. The molecule has 1 aromatic rings. The molecule has 0 amide bonds. The van der Waals surface area contributed by atoms with E-state index in [1.165, 1.54) is 24.9 Å². The molecule has 0 aliphatic heterocycles. The van der Waals surface area contributed by atoms with Crippen LogP contribution in [0.2, 0.25) is 0 Å². The van der Waals surface area contributed by atoms with Crippen LogP contribution in [0.25, 0.3) is 0 Å². The van der Waals surface area contributed by atoms with E-state index in [1.807, 2.05) is 25.1 Å². The molecule has 100 valence electrons. The Bertz CT molecular complexity index is 416. The van der Waals surface area contributed by atoms with Crippen molar-refractivity contribution in [3.63, 3.8) is 0 Å².